The van der Waals surface area contributed by atoms with Crippen molar-refractivity contribution in [2.75, 3.05) is 6.54 Å². The number of carboxylic acid groups (broad SMARTS) is 1. The first-order valence-corrected chi connectivity index (χ1v) is 10.5. The van der Waals surface area contributed by atoms with Crippen molar-refractivity contribution >= 4 is 41.8 Å². The van der Waals surface area contributed by atoms with Crippen LogP contribution < -0.4 is 16.0 Å². The zero-order valence-corrected chi connectivity index (χ0v) is 18.8. The van der Waals surface area contributed by atoms with Crippen molar-refractivity contribution in [1.29, 1.82) is 0 Å². The van der Waals surface area contributed by atoms with Crippen molar-refractivity contribution in [1.82, 2.24) is 20.9 Å². The molecule has 33 heavy (non-hydrogen) atoms. The Hall–Kier alpha value is -3.57. The van der Waals surface area contributed by atoms with Gasteiger partial charge in [0.1, 0.15) is 18.4 Å². The Morgan fingerprint density at radius 2 is 1.58 bits per heavy atom. The van der Waals surface area contributed by atoms with E-state index in [1.165, 1.54) is 6.92 Å². The molecule has 3 atom stereocenters. The molecule has 4 N–H and O–H groups in total. The molecule has 0 aromatic heterocycles. The number of carboxylic acids is 1. The average molecular weight is 466 g/mol. The second-order valence-corrected chi connectivity index (χ2v) is 8.07. The zero-order chi connectivity index (χ0) is 25.1. The van der Waals surface area contributed by atoms with Crippen LogP contribution in [0.4, 0.5) is 0 Å². The molecule has 0 saturated heterocycles. The van der Waals surface area contributed by atoms with E-state index in [0.29, 0.717) is 6.29 Å². The summed E-state index contributed by atoms with van der Waals surface area (Å²) in [5.74, 6) is -3.97. The van der Waals surface area contributed by atoms with Gasteiger partial charge in [-0.05, 0) is 25.7 Å². The highest BCUT2D eigenvalue weighted by atomic mass is 16.4. The van der Waals surface area contributed by atoms with E-state index >= 15 is 0 Å². The molecule has 1 aliphatic rings. The molecule has 12 heteroatoms. The summed E-state index contributed by atoms with van der Waals surface area (Å²) in [6.07, 6.45) is 2.32. The van der Waals surface area contributed by atoms with Crippen LogP contribution in [0, 0.1) is 5.92 Å². The smallest absolute Gasteiger partial charge is 0.303 e. The number of carbonyl (C=O) groups is 7. The third-order valence-corrected chi connectivity index (χ3v) is 4.74. The summed E-state index contributed by atoms with van der Waals surface area (Å²) >= 11 is 0. The molecule has 0 fully saturated rings. The number of aliphatic carboxylic acids is 1. The van der Waals surface area contributed by atoms with E-state index < -0.39 is 53.6 Å². The third kappa shape index (κ3) is 9.62. The van der Waals surface area contributed by atoms with Gasteiger partial charge in [0.15, 0.2) is 0 Å². The van der Waals surface area contributed by atoms with Crippen LogP contribution in [0.15, 0.2) is 12.2 Å². The predicted octanol–water partition coefficient (Wildman–Crippen LogP) is -1.11. The number of imide groups is 1. The monoisotopic (exact) mass is 466 g/mol. The van der Waals surface area contributed by atoms with Gasteiger partial charge in [-0.2, -0.15) is 0 Å². The summed E-state index contributed by atoms with van der Waals surface area (Å²) in [5.41, 5.74) is 0. The molecule has 182 valence electrons. The molecule has 0 bridgehead atoms. The Labute approximate surface area is 191 Å². The highest BCUT2D eigenvalue weighted by molar-refractivity contribution is 6.13. The number of nitrogens with one attached hydrogen (secondary N) is 3. The van der Waals surface area contributed by atoms with Crippen LogP contribution in [0.2, 0.25) is 0 Å². The zero-order valence-electron chi connectivity index (χ0n) is 18.8. The van der Waals surface area contributed by atoms with Crippen LogP contribution in [0.25, 0.3) is 0 Å². The van der Waals surface area contributed by atoms with Crippen LogP contribution in [0.3, 0.4) is 0 Å². The van der Waals surface area contributed by atoms with Gasteiger partial charge in [-0.3, -0.25) is 33.7 Å². The summed E-state index contributed by atoms with van der Waals surface area (Å²) in [6.45, 7) is 4.94. The molecular formula is C21H30N4O8. The van der Waals surface area contributed by atoms with Crippen molar-refractivity contribution in [3.05, 3.63) is 12.2 Å². The van der Waals surface area contributed by atoms with Crippen molar-refractivity contribution in [3.63, 3.8) is 0 Å². The maximum atomic E-state index is 12.7. The van der Waals surface area contributed by atoms with E-state index in [0.717, 1.165) is 17.1 Å². The lowest BCUT2D eigenvalue weighted by molar-refractivity contribution is -0.139. The fourth-order valence-electron chi connectivity index (χ4n) is 2.97. The molecule has 1 unspecified atom stereocenters. The van der Waals surface area contributed by atoms with Gasteiger partial charge in [0.2, 0.25) is 17.7 Å². The van der Waals surface area contributed by atoms with Crippen LogP contribution in [0.5, 0.6) is 0 Å². The molecule has 0 aliphatic carbocycles. The first kappa shape index (κ1) is 27.5. The Balaban J connectivity index is 2.64. The fourth-order valence-corrected chi connectivity index (χ4v) is 2.97. The second kappa shape index (κ2) is 13.1. The summed E-state index contributed by atoms with van der Waals surface area (Å²) in [6, 6.07) is -3.03. The summed E-state index contributed by atoms with van der Waals surface area (Å²) in [7, 11) is 0. The molecule has 1 rings (SSSR count). The van der Waals surface area contributed by atoms with Crippen LogP contribution >= 0.6 is 0 Å². The number of hydrogen-bond acceptors (Lipinski definition) is 7. The van der Waals surface area contributed by atoms with Crippen LogP contribution in [-0.2, 0) is 33.6 Å². The number of aldehydes is 1. The lowest BCUT2D eigenvalue weighted by atomic mass is 10.0. The first-order valence-electron chi connectivity index (χ1n) is 10.5. The normalized spacial score (nSPS) is 15.7. The summed E-state index contributed by atoms with van der Waals surface area (Å²) < 4.78 is 0. The first-order chi connectivity index (χ1) is 15.4. The number of rotatable bonds is 14. The molecule has 12 nitrogen and oxygen atoms in total. The van der Waals surface area contributed by atoms with Crippen LogP contribution in [0.1, 0.15) is 46.5 Å². The van der Waals surface area contributed by atoms with E-state index in [4.69, 9.17) is 5.11 Å². The molecule has 1 aliphatic heterocycles. The number of nitrogens with zero attached hydrogens (tertiary/aromatic N) is 1. The van der Waals surface area contributed by atoms with E-state index in [9.17, 15) is 33.6 Å². The van der Waals surface area contributed by atoms with E-state index in [2.05, 4.69) is 16.0 Å². The van der Waals surface area contributed by atoms with Gasteiger partial charge in [-0.15, -0.1) is 0 Å². The quantitative estimate of drug-likeness (QED) is 0.184. The lowest BCUT2D eigenvalue weighted by Crippen LogP contribution is -2.54. The van der Waals surface area contributed by atoms with Gasteiger partial charge in [0, 0.05) is 31.5 Å². The fraction of sp³-hybridized carbons (Fsp3) is 0.571. The number of hydrogen-bond donors (Lipinski definition) is 4. The minimum absolute atomic E-state index is 0.0200. The highest BCUT2D eigenvalue weighted by Crippen LogP contribution is 2.08. The number of carbonyl (C=O) groups excluding carboxylic acids is 6. The molecule has 0 aromatic carbocycles. The van der Waals surface area contributed by atoms with Crippen molar-refractivity contribution < 1.29 is 38.7 Å². The molecule has 0 radical (unpaired) electrons. The topological polar surface area (TPSA) is 179 Å². The standard InChI is InChI=1S/C21H30N4O8/c1-12(2)10-15(24-16(27)8-9-25-17(28)5-6-18(25)29)21(33)22-13(3)20(32)23-14(11-26)4-7-19(30)31/h5-6,11-15H,4,7-10H2,1-3H3,(H,22,33)(H,23,32)(H,24,27)(H,30,31)/t13-,14?,15+/m0/s1. The summed E-state index contributed by atoms with van der Waals surface area (Å²) in [5, 5.41) is 16.1. The third-order valence-electron chi connectivity index (χ3n) is 4.74. The molecule has 0 saturated carbocycles. The molecule has 0 aromatic rings. The maximum Gasteiger partial charge on any atom is 0.303 e. The van der Waals surface area contributed by atoms with E-state index in [1.54, 1.807) is 0 Å². The van der Waals surface area contributed by atoms with Crippen molar-refractivity contribution in [2.24, 2.45) is 5.92 Å². The van der Waals surface area contributed by atoms with E-state index in [1.807, 2.05) is 13.8 Å². The number of amides is 5. The Kier molecular flexibility index (Phi) is 10.9. The Morgan fingerprint density at radius 1 is 0.970 bits per heavy atom. The van der Waals surface area contributed by atoms with Gasteiger partial charge in [0.25, 0.3) is 11.8 Å². The molecule has 5 amide bonds. The molecule has 0 spiro atoms. The maximum absolute atomic E-state index is 12.7. The van der Waals surface area contributed by atoms with Crippen LogP contribution in [-0.4, -0.2) is 76.5 Å². The van der Waals surface area contributed by atoms with Crippen molar-refractivity contribution in [2.45, 2.75) is 64.6 Å². The van der Waals surface area contributed by atoms with E-state index in [-0.39, 0.29) is 38.1 Å². The largest absolute Gasteiger partial charge is 0.481 e. The van der Waals surface area contributed by atoms with Gasteiger partial charge < -0.3 is 25.9 Å². The Morgan fingerprint density at radius 3 is 2.09 bits per heavy atom. The SMILES string of the molecule is CC(C)C[C@@H](NC(=O)CCN1C(=O)C=CC1=O)C(=O)N[C@@H](C)C(=O)NC(C=O)CCC(=O)O. The summed E-state index contributed by atoms with van der Waals surface area (Å²) in [4.78, 5) is 83.0. The van der Waals surface area contributed by atoms with Crippen molar-refractivity contribution in [3.8, 4) is 0 Å². The Bertz CT molecular complexity index is 805. The van der Waals surface area contributed by atoms with Gasteiger partial charge in [0.05, 0.1) is 6.04 Å². The highest BCUT2D eigenvalue weighted by Gasteiger charge is 2.28. The minimum atomic E-state index is -1.11. The second-order valence-electron chi connectivity index (χ2n) is 8.07. The molecular weight excluding hydrogens is 436 g/mol. The predicted molar refractivity (Wildman–Crippen MR) is 114 cm³/mol. The van der Waals surface area contributed by atoms with Gasteiger partial charge >= 0.3 is 5.97 Å². The van der Waals surface area contributed by atoms with Gasteiger partial charge in [-0.1, -0.05) is 13.8 Å². The molecule has 1 heterocycles. The van der Waals surface area contributed by atoms with Gasteiger partial charge in [-0.25, -0.2) is 0 Å². The minimum Gasteiger partial charge on any atom is -0.481 e. The average Bonchev–Trinajstić information content (AvgIpc) is 3.05. The lowest BCUT2D eigenvalue weighted by Gasteiger charge is -2.23.